The van der Waals surface area contributed by atoms with Gasteiger partial charge in [0.05, 0.1) is 18.8 Å². The van der Waals surface area contributed by atoms with Gasteiger partial charge < -0.3 is 15.6 Å². The van der Waals surface area contributed by atoms with Crippen LogP contribution in [0.2, 0.25) is 0 Å². The fourth-order valence-corrected chi connectivity index (χ4v) is 1.93. The van der Waals surface area contributed by atoms with E-state index in [2.05, 4.69) is 0 Å². The minimum absolute atomic E-state index is 0.107. The molecule has 3 nitrogen and oxygen atoms in total. The third-order valence-electron chi connectivity index (χ3n) is 2.86. The zero-order valence-electron chi connectivity index (χ0n) is 8.67. The summed E-state index contributed by atoms with van der Waals surface area (Å²) in [5, 5.41) is 9.46. The minimum Gasteiger partial charge on any atom is -0.391 e. The molecule has 1 aliphatic carbocycles. The van der Waals surface area contributed by atoms with E-state index in [9.17, 15) is 5.11 Å². The van der Waals surface area contributed by atoms with Crippen LogP contribution in [0.15, 0.2) is 30.3 Å². The van der Waals surface area contributed by atoms with Gasteiger partial charge in [0.25, 0.3) is 0 Å². The maximum Gasteiger partial charge on any atom is 0.0720 e. The van der Waals surface area contributed by atoms with Crippen LogP contribution >= 0.6 is 0 Å². The maximum atomic E-state index is 9.46. The summed E-state index contributed by atoms with van der Waals surface area (Å²) in [7, 11) is 0. The third-order valence-corrected chi connectivity index (χ3v) is 2.86. The zero-order chi connectivity index (χ0) is 10.7. The number of ether oxygens (including phenoxy) is 1. The van der Waals surface area contributed by atoms with Gasteiger partial charge in [-0.05, 0) is 12.0 Å². The third kappa shape index (κ3) is 2.78. The molecule has 0 radical (unpaired) electrons. The summed E-state index contributed by atoms with van der Waals surface area (Å²) in [6.45, 7) is 0.602. The second-order valence-corrected chi connectivity index (χ2v) is 4.12. The summed E-state index contributed by atoms with van der Waals surface area (Å²) >= 11 is 0. The summed E-state index contributed by atoms with van der Waals surface area (Å²) in [5.74, 6) is 0. The topological polar surface area (TPSA) is 55.5 Å². The van der Waals surface area contributed by atoms with Crippen molar-refractivity contribution >= 4 is 0 Å². The Hall–Kier alpha value is -0.900. The Morgan fingerprint density at radius 2 is 2.00 bits per heavy atom. The summed E-state index contributed by atoms with van der Waals surface area (Å²) in [4.78, 5) is 0. The molecule has 0 bridgehead atoms. The van der Waals surface area contributed by atoms with Gasteiger partial charge in [0.2, 0.25) is 0 Å². The highest BCUT2D eigenvalue weighted by Crippen LogP contribution is 2.22. The molecule has 1 aromatic carbocycles. The molecular weight excluding hydrogens is 190 g/mol. The van der Waals surface area contributed by atoms with E-state index in [0.29, 0.717) is 13.0 Å². The summed E-state index contributed by atoms with van der Waals surface area (Å²) in [5.41, 5.74) is 6.87. The molecule has 0 unspecified atom stereocenters. The van der Waals surface area contributed by atoms with Crippen molar-refractivity contribution in [3.8, 4) is 0 Å². The number of benzene rings is 1. The molecule has 1 saturated carbocycles. The number of hydrogen-bond acceptors (Lipinski definition) is 3. The number of rotatable bonds is 3. The Kier molecular flexibility index (Phi) is 3.36. The van der Waals surface area contributed by atoms with Crippen molar-refractivity contribution < 1.29 is 9.84 Å². The molecule has 1 fully saturated rings. The highest BCUT2D eigenvalue weighted by atomic mass is 16.5. The molecule has 0 heterocycles. The lowest BCUT2D eigenvalue weighted by atomic mass is 10.2. The van der Waals surface area contributed by atoms with Crippen molar-refractivity contribution in [2.24, 2.45) is 5.73 Å². The van der Waals surface area contributed by atoms with Crippen LogP contribution in [0.3, 0.4) is 0 Å². The first-order chi connectivity index (χ1) is 7.25. The standard InChI is InChI=1S/C12H17NO2/c13-11-6-10(7-12(11)14)15-8-9-4-2-1-3-5-9/h1-5,10-12,14H,6-8,13H2/t10-,11+,12-/m1/s1. The highest BCUT2D eigenvalue weighted by molar-refractivity contribution is 5.13. The molecule has 3 N–H and O–H groups in total. The Balaban J connectivity index is 1.80. The Morgan fingerprint density at radius 3 is 2.60 bits per heavy atom. The molecule has 0 amide bonds. The molecule has 1 aromatic rings. The number of hydrogen-bond donors (Lipinski definition) is 2. The molecular formula is C12H17NO2. The minimum atomic E-state index is -0.397. The maximum absolute atomic E-state index is 9.46. The Bertz CT molecular complexity index is 292. The predicted octanol–water partition coefficient (Wildman–Crippen LogP) is 1.05. The first kappa shape index (κ1) is 10.6. The van der Waals surface area contributed by atoms with E-state index in [0.717, 1.165) is 12.0 Å². The van der Waals surface area contributed by atoms with Gasteiger partial charge in [-0.1, -0.05) is 30.3 Å². The molecule has 15 heavy (non-hydrogen) atoms. The van der Waals surface area contributed by atoms with E-state index < -0.39 is 6.10 Å². The van der Waals surface area contributed by atoms with Crippen LogP contribution in [0.4, 0.5) is 0 Å². The number of nitrogens with two attached hydrogens (primary N) is 1. The number of aliphatic hydroxyl groups is 1. The molecule has 0 spiro atoms. The zero-order valence-corrected chi connectivity index (χ0v) is 8.67. The van der Waals surface area contributed by atoms with Gasteiger partial charge >= 0.3 is 0 Å². The van der Waals surface area contributed by atoms with Crippen molar-refractivity contribution in [2.45, 2.75) is 37.7 Å². The molecule has 3 heteroatoms. The molecule has 1 aliphatic rings. The van der Waals surface area contributed by atoms with Gasteiger partial charge in [-0.15, -0.1) is 0 Å². The van der Waals surface area contributed by atoms with Gasteiger partial charge in [-0.25, -0.2) is 0 Å². The second kappa shape index (κ2) is 4.75. The number of aliphatic hydroxyl groups excluding tert-OH is 1. The first-order valence-corrected chi connectivity index (χ1v) is 5.35. The molecule has 3 atom stereocenters. The SMILES string of the molecule is N[C@H]1C[C@@H](OCc2ccccc2)C[C@H]1O. The van der Waals surface area contributed by atoms with Crippen LogP contribution in [0.5, 0.6) is 0 Å². The Morgan fingerprint density at radius 1 is 1.27 bits per heavy atom. The van der Waals surface area contributed by atoms with Gasteiger partial charge in [-0.2, -0.15) is 0 Å². The van der Waals surface area contributed by atoms with Crippen LogP contribution in [0.25, 0.3) is 0 Å². The quantitative estimate of drug-likeness (QED) is 0.779. The van der Waals surface area contributed by atoms with Crippen molar-refractivity contribution in [1.82, 2.24) is 0 Å². The first-order valence-electron chi connectivity index (χ1n) is 5.35. The van der Waals surface area contributed by atoms with E-state index in [1.54, 1.807) is 0 Å². The molecule has 0 saturated heterocycles. The molecule has 0 aliphatic heterocycles. The summed E-state index contributed by atoms with van der Waals surface area (Å²) < 4.78 is 5.69. The lowest BCUT2D eigenvalue weighted by Crippen LogP contribution is -2.28. The van der Waals surface area contributed by atoms with Crippen LogP contribution in [0, 0.1) is 0 Å². The van der Waals surface area contributed by atoms with Gasteiger partial charge in [0, 0.05) is 12.5 Å². The van der Waals surface area contributed by atoms with Crippen LogP contribution in [-0.4, -0.2) is 23.4 Å². The second-order valence-electron chi connectivity index (χ2n) is 4.12. The Labute approximate surface area is 89.9 Å². The van der Waals surface area contributed by atoms with Crippen molar-refractivity contribution in [1.29, 1.82) is 0 Å². The fraction of sp³-hybridized carbons (Fsp3) is 0.500. The fourth-order valence-electron chi connectivity index (χ4n) is 1.93. The van der Waals surface area contributed by atoms with E-state index in [-0.39, 0.29) is 12.1 Å². The highest BCUT2D eigenvalue weighted by Gasteiger charge is 2.30. The van der Waals surface area contributed by atoms with E-state index in [1.807, 2.05) is 30.3 Å². The summed E-state index contributed by atoms with van der Waals surface area (Å²) in [6.07, 6.45) is 1.13. The molecule has 2 rings (SSSR count). The van der Waals surface area contributed by atoms with Crippen LogP contribution < -0.4 is 5.73 Å². The molecule has 0 aromatic heterocycles. The largest absolute Gasteiger partial charge is 0.391 e. The van der Waals surface area contributed by atoms with Crippen molar-refractivity contribution in [2.75, 3.05) is 0 Å². The normalized spacial score (nSPS) is 30.7. The van der Waals surface area contributed by atoms with E-state index in [4.69, 9.17) is 10.5 Å². The monoisotopic (exact) mass is 207 g/mol. The van der Waals surface area contributed by atoms with Crippen molar-refractivity contribution in [3.05, 3.63) is 35.9 Å². The predicted molar refractivity (Wildman–Crippen MR) is 58.2 cm³/mol. The van der Waals surface area contributed by atoms with Crippen LogP contribution in [0.1, 0.15) is 18.4 Å². The average Bonchev–Trinajstić information content (AvgIpc) is 2.57. The van der Waals surface area contributed by atoms with E-state index in [1.165, 1.54) is 0 Å². The van der Waals surface area contributed by atoms with Gasteiger partial charge in [0.15, 0.2) is 0 Å². The van der Waals surface area contributed by atoms with Crippen molar-refractivity contribution in [3.63, 3.8) is 0 Å². The summed E-state index contributed by atoms with van der Waals surface area (Å²) in [6, 6.07) is 9.92. The van der Waals surface area contributed by atoms with Crippen LogP contribution in [-0.2, 0) is 11.3 Å². The average molecular weight is 207 g/mol. The van der Waals surface area contributed by atoms with Gasteiger partial charge in [0.1, 0.15) is 0 Å². The van der Waals surface area contributed by atoms with Gasteiger partial charge in [-0.3, -0.25) is 0 Å². The smallest absolute Gasteiger partial charge is 0.0720 e. The lowest BCUT2D eigenvalue weighted by molar-refractivity contribution is 0.0357. The molecule has 82 valence electrons. The van der Waals surface area contributed by atoms with E-state index >= 15 is 0 Å². The lowest BCUT2D eigenvalue weighted by Gasteiger charge is -2.10.